The minimum absolute atomic E-state index is 1.32. The van der Waals surface area contributed by atoms with Gasteiger partial charge in [0, 0.05) is 0 Å². The van der Waals surface area contributed by atoms with E-state index in [0.717, 1.165) is 0 Å². The first-order valence-electron chi connectivity index (χ1n) is 5.38. The number of rotatable bonds is 0. The normalized spacial score (nSPS) is 11.6. The Bertz CT molecular complexity index is 667. The van der Waals surface area contributed by atoms with Crippen molar-refractivity contribution in [1.82, 2.24) is 0 Å². The summed E-state index contributed by atoms with van der Waals surface area (Å²) in [4.78, 5) is 8.68. The van der Waals surface area contributed by atoms with Gasteiger partial charge in [-0.1, -0.05) is 0 Å². The molecule has 0 bridgehead atoms. The molecule has 0 aromatic rings. The molecule has 0 radical (unpaired) electrons. The topological polar surface area (TPSA) is 197 Å². The molecule has 3 N–H and O–H groups in total. The van der Waals surface area contributed by atoms with Crippen LogP contribution in [0.25, 0.3) is 0 Å². The van der Waals surface area contributed by atoms with Crippen molar-refractivity contribution in [1.29, 1.82) is 0 Å². The van der Waals surface area contributed by atoms with Crippen LogP contribution in [-0.4, -0.2) is 61.7 Å². The zero-order chi connectivity index (χ0) is 27.7. The summed E-state index contributed by atoms with van der Waals surface area (Å²) in [5.41, 5.74) is -16.6. The fourth-order valence-corrected chi connectivity index (χ4v) is 0. The SMILES string of the molecule is C[C-]=O.O=S(=O)(O)C(F)(F)F.O=S(=O)(O)C(F)(F)F.O=S(=O)(O)C(F)(F)F.[CH2-]C.[O]=[Yb]. The molecule has 0 aliphatic carbocycles. The van der Waals surface area contributed by atoms with Gasteiger partial charge in [0.15, 0.2) is 0 Å². The van der Waals surface area contributed by atoms with Crippen molar-refractivity contribution < 1.29 is 128 Å². The van der Waals surface area contributed by atoms with Crippen LogP contribution in [0.2, 0.25) is 0 Å². The molecule has 0 heterocycles. The van der Waals surface area contributed by atoms with E-state index in [9.17, 15) is 39.5 Å². The van der Waals surface area contributed by atoms with Gasteiger partial charge >= 0.3 is 92.0 Å². The fourth-order valence-electron chi connectivity index (χ4n) is 0. The maximum absolute atomic E-state index is 10.7. The monoisotopic (exact) mass is 712 g/mol. The van der Waals surface area contributed by atoms with Crippen LogP contribution in [0.1, 0.15) is 13.8 Å². The summed E-state index contributed by atoms with van der Waals surface area (Å²) in [6.07, 6.45) is 1.50. The van der Waals surface area contributed by atoms with E-state index in [0.29, 0.717) is 0 Å². The molecular weight excluding hydrogens is 700 g/mol. The van der Waals surface area contributed by atoms with Crippen molar-refractivity contribution >= 4 is 36.6 Å². The van der Waals surface area contributed by atoms with Crippen molar-refractivity contribution in [2.24, 2.45) is 0 Å². The summed E-state index contributed by atoms with van der Waals surface area (Å²) < 4.78 is 181. The third kappa shape index (κ3) is 32.4. The molecule has 0 atom stereocenters. The molecule has 0 fully saturated rings. The van der Waals surface area contributed by atoms with Crippen molar-refractivity contribution in [3.8, 4) is 0 Å². The Kier molecular flexibility index (Phi) is 26.7. The van der Waals surface area contributed by atoms with Gasteiger partial charge in [-0.05, 0) is 0 Å². The van der Waals surface area contributed by atoms with Crippen LogP contribution in [-0.2, 0) is 35.4 Å². The Labute approximate surface area is 200 Å². The number of alkyl halides is 9. The van der Waals surface area contributed by atoms with E-state index in [1.54, 1.807) is 6.92 Å². The van der Waals surface area contributed by atoms with Gasteiger partial charge in [0.25, 0.3) is 0 Å². The quantitative estimate of drug-likeness (QED) is 0.144. The van der Waals surface area contributed by atoms with Crippen LogP contribution in [0.3, 0.4) is 0 Å². The van der Waals surface area contributed by atoms with Crippen molar-refractivity contribution in [3.63, 3.8) is 0 Å². The number of halogens is 9. The van der Waals surface area contributed by atoms with E-state index in [-0.39, 0.29) is 0 Å². The molecule has 0 saturated heterocycles. The number of hydrogen-bond acceptors (Lipinski definition) is 8. The molecule has 11 nitrogen and oxygen atoms in total. The Morgan fingerprint density at radius 3 is 0.645 bits per heavy atom. The minimum atomic E-state index is -5.84. The Morgan fingerprint density at radius 1 is 0.613 bits per heavy atom. The van der Waals surface area contributed by atoms with Crippen LogP contribution in [0.15, 0.2) is 0 Å². The summed E-state index contributed by atoms with van der Waals surface area (Å²) in [5.74, 6) is 0. The zero-order valence-corrected chi connectivity index (χ0v) is 18.4. The Hall–Kier alpha value is 0.0895. The predicted octanol–water partition coefficient (Wildman–Crippen LogP) is 2.02. The van der Waals surface area contributed by atoms with Gasteiger partial charge in [-0.25, -0.2) is 0 Å². The molecule has 31 heavy (non-hydrogen) atoms. The molecule has 0 aliphatic heterocycles. The van der Waals surface area contributed by atoms with Gasteiger partial charge in [0.1, 0.15) is 0 Å². The number of carbonyl (C=O) groups excluding carboxylic acids is 1. The summed E-state index contributed by atoms with van der Waals surface area (Å²) >= 11 is 1.44. The molecule has 0 unspecified atom stereocenters. The van der Waals surface area contributed by atoms with Crippen molar-refractivity contribution in [2.75, 3.05) is 0 Å². The van der Waals surface area contributed by atoms with Gasteiger partial charge in [0.05, 0.1) is 0 Å². The second-order valence-electron chi connectivity index (χ2n) is 2.97. The van der Waals surface area contributed by atoms with Gasteiger partial charge in [-0.3, -0.25) is 19.9 Å². The molecular formula is C7H11F9O11S3Yb-2. The third-order valence-electron chi connectivity index (χ3n) is 0.877. The molecule has 202 valence electrons. The maximum atomic E-state index is 10.7. The van der Waals surface area contributed by atoms with Gasteiger partial charge < -0.3 is 11.7 Å². The molecule has 0 saturated carbocycles. The average molecular weight is 711 g/mol. The fraction of sp³-hybridized carbons (Fsp3) is 0.714. The van der Waals surface area contributed by atoms with Gasteiger partial charge in [0.2, 0.25) is 0 Å². The van der Waals surface area contributed by atoms with Crippen LogP contribution >= 0.6 is 0 Å². The predicted molar refractivity (Wildman–Crippen MR) is 75.9 cm³/mol. The Morgan fingerprint density at radius 2 is 0.645 bits per heavy atom. The van der Waals surface area contributed by atoms with Gasteiger partial charge in [-0.2, -0.15) is 78.6 Å². The Balaban J connectivity index is -0.0000000658. The van der Waals surface area contributed by atoms with Crippen molar-refractivity contribution in [2.45, 2.75) is 30.4 Å². The summed E-state index contributed by atoms with van der Waals surface area (Å²) in [5, 5.41) is 0. The van der Waals surface area contributed by atoms with Crippen LogP contribution in [0, 0.1) is 51.7 Å². The first-order chi connectivity index (χ1) is 13.2. The molecule has 24 heteroatoms. The molecule has 0 rings (SSSR count). The van der Waals surface area contributed by atoms with E-state index in [1.165, 1.54) is 58.0 Å². The molecule has 0 aliphatic rings. The first-order valence-corrected chi connectivity index (χ1v) is 10.4. The second kappa shape index (κ2) is 18.5. The molecule has 0 amide bonds. The van der Waals surface area contributed by atoms with Crippen LogP contribution < -0.4 is 0 Å². The zero-order valence-electron chi connectivity index (χ0n) is 14.2. The second-order valence-corrected chi connectivity index (χ2v) is 7.21. The van der Waals surface area contributed by atoms with Crippen LogP contribution in [0.5, 0.6) is 0 Å². The van der Waals surface area contributed by atoms with Crippen LogP contribution in [0.4, 0.5) is 39.5 Å². The average Bonchev–Trinajstić information content (AvgIpc) is 2.47. The van der Waals surface area contributed by atoms with E-state index < -0.39 is 46.9 Å². The molecule has 0 aromatic carbocycles. The number of hydrogen-bond donors (Lipinski definition) is 3. The standard InChI is InChI=1S/C2H3O.C2H5.3CHF3O3S.O.Yb/c1-2-3;1-2;3*2-1(3,4)8(5,6)7;;/h1H3;1H2,2H3;3*(H,5,6,7);;/q2*-1;;;;;. The van der Waals surface area contributed by atoms with E-state index in [4.69, 9.17) is 44.0 Å². The summed E-state index contributed by atoms with van der Waals surface area (Å²) in [6, 6.07) is 0. The van der Waals surface area contributed by atoms with E-state index in [1.807, 2.05) is 0 Å². The van der Waals surface area contributed by atoms with Crippen molar-refractivity contribution in [3.05, 3.63) is 6.92 Å². The van der Waals surface area contributed by atoms with E-state index >= 15 is 0 Å². The molecule has 0 aromatic heterocycles. The summed E-state index contributed by atoms with van der Waals surface area (Å²) in [7, 11) is -17.5. The summed E-state index contributed by atoms with van der Waals surface area (Å²) in [6.45, 7) is 6.32. The molecule has 0 spiro atoms. The first kappa shape index (κ1) is 44.7. The van der Waals surface area contributed by atoms with Gasteiger partial charge in [-0.15, -0.1) is 0 Å². The van der Waals surface area contributed by atoms with E-state index in [2.05, 4.69) is 6.92 Å². The third-order valence-corrected chi connectivity index (χ3v) is 2.63.